The summed E-state index contributed by atoms with van der Waals surface area (Å²) in [4.78, 5) is 9.84. The van der Waals surface area contributed by atoms with Gasteiger partial charge in [0.1, 0.15) is 0 Å². The summed E-state index contributed by atoms with van der Waals surface area (Å²) >= 11 is 0. The van der Waals surface area contributed by atoms with E-state index in [1.165, 1.54) is 5.56 Å². The van der Waals surface area contributed by atoms with E-state index in [4.69, 9.17) is 14.5 Å². The van der Waals surface area contributed by atoms with Crippen LogP contribution in [0.1, 0.15) is 31.7 Å². The second kappa shape index (κ2) is 11.4. The average Bonchev–Trinajstić information content (AvgIpc) is 3.16. The van der Waals surface area contributed by atoms with Crippen LogP contribution in [-0.2, 0) is 16.0 Å². The number of ether oxygens (including phenoxy) is 2. The molecule has 156 valence electrons. The Hall–Kier alpha value is -1.63. The van der Waals surface area contributed by atoms with Gasteiger partial charge in [0.25, 0.3) is 0 Å². The fourth-order valence-corrected chi connectivity index (χ4v) is 4.09. The van der Waals surface area contributed by atoms with Crippen LogP contribution in [0.2, 0.25) is 0 Å². The molecule has 1 aromatic carbocycles. The number of guanidine groups is 1. The third kappa shape index (κ3) is 5.93. The van der Waals surface area contributed by atoms with Gasteiger partial charge in [-0.05, 0) is 31.7 Å². The highest BCUT2D eigenvalue weighted by molar-refractivity contribution is 5.80. The number of unbranched alkanes of at least 4 members (excludes halogenated alkanes) is 2. The summed E-state index contributed by atoms with van der Waals surface area (Å²) in [5, 5.41) is 3.48. The summed E-state index contributed by atoms with van der Waals surface area (Å²) in [5.41, 5.74) is 1.37. The van der Waals surface area contributed by atoms with Crippen molar-refractivity contribution in [3.05, 3.63) is 35.9 Å². The molecule has 6 heteroatoms. The third-order valence-electron chi connectivity index (χ3n) is 5.55. The van der Waals surface area contributed by atoms with Crippen LogP contribution in [0.5, 0.6) is 0 Å². The quantitative estimate of drug-likeness (QED) is 0.400. The van der Waals surface area contributed by atoms with Crippen LogP contribution < -0.4 is 5.32 Å². The van der Waals surface area contributed by atoms with Crippen LogP contribution in [0.25, 0.3) is 0 Å². The van der Waals surface area contributed by atoms with Gasteiger partial charge in [0.15, 0.2) is 5.96 Å². The number of nitrogens with one attached hydrogen (secondary N) is 1. The first-order chi connectivity index (χ1) is 13.8. The molecule has 6 nitrogen and oxygen atoms in total. The maximum Gasteiger partial charge on any atom is 0.194 e. The summed E-state index contributed by atoms with van der Waals surface area (Å²) in [5.74, 6) is 1.03. The van der Waals surface area contributed by atoms with Gasteiger partial charge in [-0.2, -0.15) is 0 Å². The van der Waals surface area contributed by atoms with Crippen LogP contribution in [0, 0.1) is 0 Å². The number of rotatable bonds is 9. The van der Waals surface area contributed by atoms with E-state index in [-0.39, 0.29) is 6.10 Å². The fraction of sp³-hybridized carbons (Fsp3) is 0.682. The standard InChI is InChI=1S/C22H36N4O2/c1-3-23-22(24-12-8-5-9-14-27-2)26-17-20-21(18-26)28-15-13-25(20)16-19-10-6-4-7-11-19/h4,6-7,10-11,20-21H,3,5,8-9,12-18H2,1-2H3,(H,23,24). The first-order valence-corrected chi connectivity index (χ1v) is 10.7. The van der Waals surface area contributed by atoms with Gasteiger partial charge in [0.2, 0.25) is 0 Å². The minimum Gasteiger partial charge on any atom is -0.385 e. The molecule has 2 heterocycles. The van der Waals surface area contributed by atoms with E-state index in [0.717, 1.165) is 77.7 Å². The molecular formula is C22H36N4O2. The molecule has 3 rings (SSSR count). The number of methoxy groups -OCH3 is 1. The Morgan fingerprint density at radius 2 is 2.07 bits per heavy atom. The first-order valence-electron chi connectivity index (χ1n) is 10.7. The van der Waals surface area contributed by atoms with Gasteiger partial charge in [-0.3, -0.25) is 9.89 Å². The number of hydrogen-bond donors (Lipinski definition) is 1. The van der Waals surface area contributed by atoms with Gasteiger partial charge in [-0.15, -0.1) is 0 Å². The lowest BCUT2D eigenvalue weighted by Crippen LogP contribution is -2.50. The van der Waals surface area contributed by atoms with Crippen molar-refractivity contribution < 1.29 is 9.47 Å². The zero-order valence-electron chi connectivity index (χ0n) is 17.5. The molecule has 2 fully saturated rings. The molecule has 2 aliphatic heterocycles. The second-order valence-electron chi connectivity index (χ2n) is 7.63. The highest BCUT2D eigenvalue weighted by Gasteiger charge is 2.41. The topological polar surface area (TPSA) is 49.3 Å². The van der Waals surface area contributed by atoms with Crippen LogP contribution in [0.4, 0.5) is 0 Å². The van der Waals surface area contributed by atoms with Crippen LogP contribution in [0.15, 0.2) is 35.3 Å². The van der Waals surface area contributed by atoms with Gasteiger partial charge in [-0.25, -0.2) is 0 Å². The molecule has 0 amide bonds. The van der Waals surface area contributed by atoms with Crippen LogP contribution in [0.3, 0.4) is 0 Å². The molecule has 1 N–H and O–H groups in total. The SMILES string of the molecule is CCNC(=NCCCCCOC)N1CC2OCCN(Cc3ccccc3)C2C1. The monoisotopic (exact) mass is 388 g/mol. The summed E-state index contributed by atoms with van der Waals surface area (Å²) in [7, 11) is 1.76. The van der Waals surface area contributed by atoms with Crippen molar-refractivity contribution in [2.45, 2.75) is 44.9 Å². The maximum absolute atomic E-state index is 6.12. The van der Waals surface area contributed by atoms with E-state index in [9.17, 15) is 0 Å². The van der Waals surface area contributed by atoms with Gasteiger partial charge in [0.05, 0.1) is 18.8 Å². The van der Waals surface area contributed by atoms with Crippen molar-refractivity contribution in [3.8, 4) is 0 Å². The molecule has 0 spiro atoms. The van der Waals surface area contributed by atoms with E-state index >= 15 is 0 Å². The lowest BCUT2D eigenvalue weighted by atomic mass is 10.1. The van der Waals surface area contributed by atoms with Crippen LogP contribution in [-0.4, -0.2) is 81.0 Å². The number of benzene rings is 1. The molecule has 0 bridgehead atoms. The van der Waals surface area contributed by atoms with E-state index in [1.807, 2.05) is 0 Å². The van der Waals surface area contributed by atoms with E-state index in [2.05, 4.69) is 52.4 Å². The largest absolute Gasteiger partial charge is 0.385 e. The fourth-order valence-electron chi connectivity index (χ4n) is 4.09. The van der Waals surface area contributed by atoms with Crippen molar-refractivity contribution >= 4 is 5.96 Å². The summed E-state index contributed by atoms with van der Waals surface area (Å²) in [6, 6.07) is 11.2. The normalized spacial score (nSPS) is 23.1. The van der Waals surface area contributed by atoms with Crippen molar-refractivity contribution in [2.75, 3.05) is 53.0 Å². The molecule has 2 saturated heterocycles. The van der Waals surface area contributed by atoms with Crippen LogP contribution >= 0.6 is 0 Å². The molecule has 0 aliphatic carbocycles. The highest BCUT2D eigenvalue weighted by atomic mass is 16.5. The number of nitrogens with zero attached hydrogens (tertiary/aromatic N) is 3. The molecule has 2 atom stereocenters. The lowest BCUT2D eigenvalue weighted by molar-refractivity contribution is -0.0502. The summed E-state index contributed by atoms with van der Waals surface area (Å²) < 4.78 is 11.2. The molecule has 2 unspecified atom stereocenters. The maximum atomic E-state index is 6.12. The molecule has 1 aromatic rings. The van der Waals surface area contributed by atoms with Crippen molar-refractivity contribution in [3.63, 3.8) is 0 Å². The minimum atomic E-state index is 0.267. The molecular weight excluding hydrogens is 352 g/mol. The molecule has 28 heavy (non-hydrogen) atoms. The average molecular weight is 389 g/mol. The van der Waals surface area contributed by atoms with Crippen molar-refractivity contribution in [1.29, 1.82) is 0 Å². The Kier molecular flexibility index (Phi) is 8.58. The van der Waals surface area contributed by atoms with E-state index in [0.29, 0.717) is 6.04 Å². The van der Waals surface area contributed by atoms with E-state index < -0.39 is 0 Å². The predicted molar refractivity (Wildman–Crippen MR) is 114 cm³/mol. The van der Waals surface area contributed by atoms with Gasteiger partial charge in [0, 0.05) is 53.0 Å². The Balaban J connectivity index is 1.56. The zero-order valence-corrected chi connectivity index (χ0v) is 17.5. The predicted octanol–water partition coefficient (Wildman–Crippen LogP) is 2.35. The van der Waals surface area contributed by atoms with Gasteiger partial charge < -0.3 is 19.7 Å². The number of aliphatic imine (C=N–C) groups is 1. The number of fused-ring (bicyclic) bond motifs is 1. The first kappa shape index (κ1) is 21.1. The molecule has 0 saturated carbocycles. The van der Waals surface area contributed by atoms with Crippen molar-refractivity contribution in [1.82, 2.24) is 15.1 Å². The van der Waals surface area contributed by atoms with Crippen molar-refractivity contribution in [2.24, 2.45) is 4.99 Å². The summed E-state index contributed by atoms with van der Waals surface area (Å²) in [6.07, 6.45) is 3.65. The highest BCUT2D eigenvalue weighted by Crippen LogP contribution is 2.24. The Morgan fingerprint density at radius 3 is 2.86 bits per heavy atom. The lowest BCUT2D eigenvalue weighted by Gasteiger charge is -2.36. The second-order valence-corrected chi connectivity index (χ2v) is 7.63. The smallest absolute Gasteiger partial charge is 0.194 e. The number of morpholine rings is 1. The zero-order chi connectivity index (χ0) is 19.6. The molecule has 0 aromatic heterocycles. The van der Waals surface area contributed by atoms with Gasteiger partial charge in [-0.1, -0.05) is 30.3 Å². The molecule has 0 radical (unpaired) electrons. The van der Waals surface area contributed by atoms with E-state index in [1.54, 1.807) is 7.11 Å². The Bertz CT molecular complexity index is 595. The number of hydrogen-bond acceptors (Lipinski definition) is 4. The summed E-state index contributed by atoms with van der Waals surface area (Å²) in [6.45, 7) is 9.44. The third-order valence-corrected chi connectivity index (χ3v) is 5.55. The van der Waals surface area contributed by atoms with Gasteiger partial charge >= 0.3 is 0 Å². The Morgan fingerprint density at radius 1 is 1.21 bits per heavy atom. The number of likely N-dealkylation sites (tertiary alicyclic amines) is 1. The Labute approximate surface area is 169 Å². The molecule has 2 aliphatic rings. The minimum absolute atomic E-state index is 0.267.